The molecule has 0 atom stereocenters. The highest BCUT2D eigenvalue weighted by Gasteiger charge is 2.29. The summed E-state index contributed by atoms with van der Waals surface area (Å²) in [7, 11) is 1.64. The Kier molecular flexibility index (Phi) is 4.45. The van der Waals surface area contributed by atoms with Crippen LogP contribution in [0.3, 0.4) is 0 Å². The predicted molar refractivity (Wildman–Crippen MR) is 75.2 cm³/mol. The maximum absolute atomic E-state index is 11.7. The zero-order valence-electron chi connectivity index (χ0n) is 11.5. The summed E-state index contributed by atoms with van der Waals surface area (Å²) in [6, 6.07) is 7.28. The molecule has 0 radical (unpaired) electrons. The summed E-state index contributed by atoms with van der Waals surface area (Å²) in [5.74, 6) is -0.226. The van der Waals surface area contributed by atoms with Crippen LogP contribution >= 0.6 is 0 Å². The molecule has 2 amide bonds. The van der Waals surface area contributed by atoms with Gasteiger partial charge in [-0.1, -0.05) is 12.1 Å². The van der Waals surface area contributed by atoms with Gasteiger partial charge in [0.2, 0.25) is 0 Å². The molecule has 1 aliphatic rings. The third-order valence-electron chi connectivity index (χ3n) is 3.27. The molecule has 0 bridgehead atoms. The largest absolute Gasteiger partial charge is 0.491 e. The number of nitrogen functional groups attached to an aromatic ring is 1. The van der Waals surface area contributed by atoms with Gasteiger partial charge in [-0.3, -0.25) is 9.59 Å². The molecule has 20 heavy (non-hydrogen) atoms. The number of carbonyl (C=O) groups is 2. The Labute approximate surface area is 118 Å². The van der Waals surface area contributed by atoms with E-state index in [0.717, 1.165) is 0 Å². The molecule has 0 aromatic heterocycles. The third kappa shape index (κ3) is 3.20. The Bertz CT molecular complexity index is 504. The van der Waals surface area contributed by atoms with Gasteiger partial charge in [0.1, 0.15) is 5.75 Å². The van der Waals surface area contributed by atoms with E-state index in [-0.39, 0.29) is 0 Å². The molecule has 0 saturated carbocycles. The number of hydrogen-bond acceptors (Lipinski definition) is 4. The molecule has 1 aromatic carbocycles. The highest BCUT2D eigenvalue weighted by Crippen LogP contribution is 2.19. The maximum Gasteiger partial charge on any atom is 0.312 e. The first-order chi connectivity index (χ1) is 9.59. The second-order valence-electron chi connectivity index (χ2n) is 4.76. The van der Waals surface area contributed by atoms with Crippen LogP contribution in [0.15, 0.2) is 24.3 Å². The SMILES string of the molecule is CN1CCN(CCCOc2ccccc2N)C(=O)C1=O. The van der Waals surface area contributed by atoms with E-state index in [2.05, 4.69) is 0 Å². The third-order valence-corrected chi connectivity index (χ3v) is 3.27. The number of likely N-dealkylation sites (N-methyl/N-ethyl adjacent to an activating group) is 1. The standard InChI is InChI=1S/C14H19N3O3/c1-16-8-9-17(14(19)13(16)18)7-4-10-20-12-6-3-2-5-11(12)15/h2-3,5-6H,4,7-10,15H2,1H3. The zero-order valence-corrected chi connectivity index (χ0v) is 11.5. The van der Waals surface area contributed by atoms with Gasteiger partial charge < -0.3 is 20.3 Å². The predicted octanol–water partition coefficient (Wildman–Crippen LogP) is 0.338. The normalized spacial score (nSPS) is 15.7. The molecule has 108 valence electrons. The van der Waals surface area contributed by atoms with Crippen molar-refractivity contribution < 1.29 is 14.3 Å². The Hall–Kier alpha value is -2.24. The van der Waals surface area contributed by atoms with Crippen LogP contribution in [0.1, 0.15) is 6.42 Å². The van der Waals surface area contributed by atoms with Crippen molar-refractivity contribution in [1.82, 2.24) is 9.80 Å². The summed E-state index contributed by atoms with van der Waals surface area (Å²) in [6.07, 6.45) is 0.664. The van der Waals surface area contributed by atoms with Crippen LogP contribution in [0.2, 0.25) is 0 Å². The van der Waals surface area contributed by atoms with Gasteiger partial charge in [-0.2, -0.15) is 0 Å². The van der Waals surface area contributed by atoms with E-state index in [1.165, 1.54) is 4.90 Å². The number of hydrogen-bond donors (Lipinski definition) is 1. The minimum atomic E-state index is -0.440. The maximum atomic E-state index is 11.7. The van der Waals surface area contributed by atoms with Crippen LogP contribution in [0.25, 0.3) is 0 Å². The van der Waals surface area contributed by atoms with Crippen LogP contribution < -0.4 is 10.5 Å². The second-order valence-corrected chi connectivity index (χ2v) is 4.76. The first kappa shape index (κ1) is 14.2. The minimum Gasteiger partial charge on any atom is -0.491 e. The quantitative estimate of drug-likeness (QED) is 0.478. The zero-order chi connectivity index (χ0) is 14.5. The second kappa shape index (κ2) is 6.27. The fourth-order valence-electron chi connectivity index (χ4n) is 2.04. The van der Waals surface area contributed by atoms with Crippen LogP contribution in [0.4, 0.5) is 5.69 Å². The summed E-state index contributed by atoms with van der Waals surface area (Å²) < 4.78 is 5.55. The van der Waals surface area contributed by atoms with Gasteiger partial charge in [0, 0.05) is 26.7 Å². The molecule has 0 aliphatic carbocycles. The van der Waals surface area contributed by atoms with E-state index in [1.54, 1.807) is 24.1 Å². The number of nitrogens with zero attached hydrogens (tertiary/aromatic N) is 2. The number of piperazine rings is 1. The van der Waals surface area contributed by atoms with Crippen LogP contribution in [-0.2, 0) is 9.59 Å². The average Bonchev–Trinajstić information content (AvgIpc) is 2.45. The van der Waals surface area contributed by atoms with Crippen LogP contribution in [0, 0.1) is 0 Å². The highest BCUT2D eigenvalue weighted by atomic mass is 16.5. The van der Waals surface area contributed by atoms with Crippen molar-refractivity contribution in [1.29, 1.82) is 0 Å². The number of nitrogens with two attached hydrogens (primary N) is 1. The summed E-state index contributed by atoms with van der Waals surface area (Å²) >= 11 is 0. The Balaban J connectivity index is 1.75. The molecule has 1 saturated heterocycles. The Morgan fingerprint density at radius 2 is 1.95 bits per heavy atom. The molecule has 1 fully saturated rings. The molecule has 1 aromatic rings. The van der Waals surface area contributed by atoms with Gasteiger partial charge in [0.25, 0.3) is 0 Å². The fourth-order valence-corrected chi connectivity index (χ4v) is 2.04. The van der Waals surface area contributed by atoms with Gasteiger partial charge in [-0.25, -0.2) is 0 Å². The number of para-hydroxylation sites is 2. The summed E-state index contributed by atoms with van der Waals surface area (Å²) in [5.41, 5.74) is 6.36. The fraction of sp³-hybridized carbons (Fsp3) is 0.429. The lowest BCUT2D eigenvalue weighted by Crippen LogP contribution is -2.53. The topological polar surface area (TPSA) is 75.9 Å². The number of amides is 2. The van der Waals surface area contributed by atoms with Gasteiger partial charge in [-0.05, 0) is 18.6 Å². The van der Waals surface area contributed by atoms with Gasteiger partial charge in [0.05, 0.1) is 12.3 Å². The smallest absolute Gasteiger partial charge is 0.312 e. The van der Waals surface area contributed by atoms with Crippen molar-refractivity contribution in [3.05, 3.63) is 24.3 Å². The Morgan fingerprint density at radius 3 is 2.70 bits per heavy atom. The van der Waals surface area contributed by atoms with Crippen molar-refractivity contribution in [3.8, 4) is 5.75 Å². The molecule has 2 rings (SSSR count). The Morgan fingerprint density at radius 1 is 1.20 bits per heavy atom. The average molecular weight is 277 g/mol. The van der Waals surface area contributed by atoms with E-state index in [9.17, 15) is 9.59 Å². The lowest BCUT2D eigenvalue weighted by molar-refractivity contribution is -0.155. The monoisotopic (exact) mass is 277 g/mol. The summed E-state index contributed by atoms with van der Waals surface area (Å²) in [6.45, 7) is 2.14. The first-order valence-electron chi connectivity index (χ1n) is 6.61. The van der Waals surface area contributed by atoms with E-state index >= 15 is 0 Å². The molecular weight excluding hydrogens is 258 g/mol. The van der Waals surface area contributed by atoms with Crippen molar-refractivity contribution in [2.45, 2.75) is 6.42 Å². The van der Waals surface area contributed by atoms with Crippen molar-refractivity contribution >= 4 is 17.5 Å². The van der Waals surface area contributed by atoms with E-state index < -0.39 is 11.8 Å². The highest BCUT2D eigenvalue weighted by molar-refractivity contribution is 6.35. The molecule has 6 nitrogen and oxygen atoms in total. The number of carbonyl (C=O) groups excluding carboxylic acids is 2. The molecule has 6 heteroatoms. The first-order valence-corrected chi connectivity index (χ1v) is 6.61. The lowest BCUT2D eigenvalue weighted by Gasteiger charge is -2.31. The van der Waals surface area contributed by atoms with Gasteiger partial charge in [0.15, 0.2) is 0 Å². The minimum absolute atomic E-state index is 0.432. The summed E-state index contributed by atoms with van der Waals surface area (Å²) in [5, 5.41) is 0. The number of benzene rings is 1. The molecular formula is C14H19N3O3. The number of anilines is 1. The number of ether oxygens (including phenoxy) is 1. The molecule has 1 heterocycles. The van der Waals surface area contributed by atoms with Gasteiger partial charge >= 0.3 is 11.8 Å². The van der Waals surface area contributed by atoms with Crippen LogP contribution in [0.5, 0.6) is 5.75 Å². The summed E-state index contributed by atoms with van der Waals surface area (Å²) in [4.78, 5) is 26.3. The van der Waals surface area contributed by atoms with Gasteiger partial charge in [-0.15, -0.1) is 0 Å². The molecule has 0 unspecified atom stereocenters. The van der Waals surface area contributed by atoms with Crippen molar-refractivity contribution in [2.24, 2.45) is 0 Å². The van der Waals surface area contributed by atoms with Crippen LogP contribution in [-0.4, -0.2) is 54.9 Å². The van der Waals surface area contributed by atoms with E-state index in [4.69, 9.17) is 10.5 Å². The van der Waals surface area contributed by atoms with Crippen molar-refractivity contribution in [2.75, 3.05) is 39.0 Å². The van der Waals surface area contributed by atoms with E-state index in [0.29, 0.717) is 44.1 Å². The molecule has 0 spiro atoms. The molecule has 2 N–H and O–H groups in total. The molecule has 1 aliphatic heterocycles. The lowest BCUT2D eigenvalue weighted by atomic mass is 10.3. The van der Waals surface area contributed by atoms with E-state index in [1.807, 2.05) is 12.1 Å². The van der Waals surface area contributed by atoms with Crippen molar-refractivity contribution in [3.63, 3.8) is 0 Å². The number of rotatable bonds is 5.